The predicted molar refractivity (Wildman–Crippen MR) is 47.6 cm³/mol. The van der Waals surface area contributed by atoms with Gasteiger partial charge in [0.1, 0.15) is 0 Å². The molecule has 0 N–H and O–H groups in total. The SMILES string of the molecule is CN(C)CCN1CCN(C)C1. The summed E-state index contributed by atoms with van der Waals surface area (Å²) in [5, 5.41) is 0. The number of rotatable bonds is 3. The molecule has 1 fully saturated rings. The summed E-state index contributed by atoms with van der Waals surface area (Å²) in [5.41, 5.74) is 0. The van der Waals surface area contributed by atoms with Crippen LogP contribution in [0.1, 0.15) is 0 Å². The lowest BCUT2D eigenvalue weighted by Crippen LogP contribution is -2.31. The van der Waals surface area contributed by atoms with Crippen LogP contribution in [-0.4, -0.2) is 68.7 Å². The fourth-order valence-electron chi connectivity index (χ4n) is 1.32. The van der Waals surface area contributed by atoms with E-state index in [-0.39, 0.29) is 0 Å². The molecule has 0 bridgehead atoms. The highest BCUT2D eigenvalue weighted by Gasteiger charge is 2.15. The Bertz CT molecular complexity index is 114. The second-order valence-corrected chi connectivity index (χ2v) is 3.64. The van der Waals surface area contributed by atoms with Crippen LogP contribution in [0.15, 0.2) is 0 Å². The molecule has 66 valence electrons. The first kappa shape index (κ1) is 8.97. The molecular formula is C8H19N3. The molecule has 0 atom stereocenters. The van der Waals surface area contributed by atoms with Crippen molar-refractivity contribution in [2.45, 2.75) is 0 Å². The largest absolute Gasteiger partial charge is 0.308 e. The summed E-state index contributed by atoms with van der Waals surface area (Å²) < 4.78 is 0. The van der Waals surface area contributed by atoms with Gasteiger partial charge in [0.2, 0.25) is 0 Å². The molecule has 1 aliphatic heterocycles. The standard InChI is InChI=1S/C8H19N3/c1-9(2)4-6-11-7-5-10(3)8-11/h4-8H2,1-3H3. The third-order valence-electron chi connectivity index (χ3n) is 2.10. The maximum Gasteiger partial charge on any atom is 0.0504 e. The van der Waals surface area contributed by atoms with Crippen molar-refractivity contribution in [1.82, 2.24) is 14.7 Å². The van der Waals surface area contributed by atoms with Crippen molar-refractivity contribution in [2.24, 2.45) is 0 Å². The van der Waals surface area contributed by atoms with Crippen LogP contribution in [-0.2, 0) is 0 Å². The number of likely N-dealkylation sites (N-methyl/N-ethyl adjacent to an activating group) is 2. The van der Waals surface area contributed by atoms with Crippen LogP contribution in [0.5, 0.6) is 0 Å². The quantitative estimate of drug-likeness (QED) is 0.559. The van der Waals surface area contributed by atoms with Gasteiger partial charge in [-0.25, -0.2) is 0 Å². The van der Waals surface area contributed by atoms with E-state index in [9.17, 15) is 0 Å². The molecule has 1 saturated heterocycles. The van der Waals surface area contributed by atoms with E-state index < -0.39 is 0 Å². The van der Waals surface area contributed by atoms with Gasteiger partial charge < -0.3 is 4.90 Å². The zero-order valence-electron chi connectivity index (χ0n) is 7.88. The first-order valence-electron chi connectivity index (χ1n) is 4.24. The summed E-state index contributed by atoms with van der Waals surface area (Å²) in [6.45, 7) is 6.00. The topological polar surface area (TPSA) is 9.72 Å². The molecular weight excluding hydrogens is 138 g/mol. The normalized spacial score (nSPS) is 21.8. The Hall–Kier alpha value is -0.120. The first-order chi connectivity index (χ1) is 5.18. The number of nitrogens with zero attached hydrogens (tertiary/aromatic N) is 3. The van der Waals surface area contributed by atoms with Gasteiger partial charge in [-0.3, -0.25) is 9.80 Å². The monoisotopic (exact) mass is 157 g/mol. The molecule has 3 nitrogen and oxygen atoms in total. The van der Waals surface area contributed by atoms with Crippen LogP contribution in [0.3, 0.4) is 0 Å². The smallest absolute Gasteiger partial charge is 0.0504 e. The van der Waals surface area contributed by atoms with Crippen LogP contribution in [0.2, 0.25) is 0 Å². The average Bonchev–Trinajstić information content (AvgIpc) is 2.31. The second-order valence-electron chi connectivity index (χ2n) is 3.64. The molecule has 11 heavy (non-hydrogen) atoms. The van der Waals surface area contributed by atoms with Gasteiger partial charge >= 0.3 is 0 Å². The molecule has 1 heterocycles. The van der Waals surface area contributed by atoms with Gasteiger partial charge in [-0.15, -0.1) is 0 Å². The maximum atomic E-state index is 2.49. The molecule has 1 aliphatic rings. The molecule has 0 spiro atoms. The van der Waals surface area contributed by atoms with E-state index in [1.165, 1.54) is 26.2 Å². The molecule has 0 unspecified atom stereocenters. The van der Waals surface area contributed by atoms with Crippen molar-refractivity contribution in [2.75, 3.05) is 54.0 Å². The van der Waals surface area contributed by atoms with Crippen LogP contribution < -0.4 is 0 Å². The Labute approximate surface area is 69.6 Å². The van der Waals surface area contributed by atoms with E-state index in [0.717, 1.165) is 6.67 Å². The van der Waals surface area contributed by atoms with Crippen molar-refractivity contribution in [3.8, 4) is 0 Å². The number of hydrogen-bond acceptors (Lipinski definition) is 3. The summed E-state index contributed by atoms with van der Waals surface area (Å²) in [6.07, 6.45) is 0. The van der Waals surface area contributed by atoms with E-state index in [4.69, 9.17) is 0 Å². The highest BCUT2D eigenvalue weighted by Crippen LogP contribution is 2.00. The number of hydrogen-bond donors (Lipinski definition) is 0. The van der Waals surface area contributed by atoms with Gasteiger partial charge in [0.25, 0.3) is 0 Å². The summed E-state index contributed by atoms with van der Waals surface area (Å²) in [4.78, 5) is 7.08. The fourth-order valence-corrected chi connectivity index (χ4v) is 1.32. The predicted octanol–water partition coefficient (Wildman–Crippen LogP) is -0.247. The van der Waals surface area contributed by atoms with Gasteiger partial charge in [0.05, 0.1) is 6.67 Å². The van der Waals surface area contributed by atoms with Gasteiger partial charge in [0, 0.05) is 26.2 Å². The summed E-state index contributed by atoms with van der Waals surface area (Å²) >= 11 is 0. The van der Waals surface area contributed by atoms with E-state index in [2.05, 4.69) is 35.8 Å². The average molecular weight is 157 g/mol. The minimum atomic E-state index is 1.15. The van der Waals surface area contributed by atoms with Crippen molar-refractivity contribution in [3.05, 3.63) is 0 Å². The Balaban J connectivity index is 2.08. The lowest BCUT2D eigenvalue weighted by atomic mass is 10.5. The van der Waals surface area contributed by atoms with E-state index >= 15 is 0 Å². The van der Waals surface area contributed by atoms with Gasteiger partial charge in [0.15, 0.2) is 0 Å². The first-order valence-corrected chi connectivity index (χ1v) is 4.24. The molecule has 0 aromatic heterocycles. The van der Waals surface area contributed by atoms with Crippen molar-refractivity contribution in [1.29, 1.82) is 0 Å². The van der Waals surface area contributed by atoms with Crippen molar-refractivity contribution >= 4 is 0 Å². The highest BCUT2D eigenvalue weighted by molar-refractivity contribution is 4.68. The summed E-state index contributed by atoms with van der Waals surface area (Å²) in [7, 11) is 6.43. The lowest BCUT2D eigenvalue weighted by Gasteiger charge is -2.17. The zero-order chi connectivity index (χ0) is 8.27. The summed E-state index contributed by atoms with van der Waals surface area (Å²) in [5.74, 6) is 0. The molecule has 0 radical (unpaired) electrons. The Morgan fingerprint density at radius 3 is 2.45 bits per heavy atom. The Kier molecular flexibility index (Phi) is 3.30. The fraction of sp³-hybridized carbons (Fsp3) is 1.00. The van der Waals surface area contributed by atoms with Crippen LogP contribution in [0.25, 0.3) is 0 Å². The molecule has 0 aromatic carbocycles. The highest BCUT2D eigenvalue weighted by atomic mass is 15.4. The van der Waals surface area contributed by atoms with Crippen molar-refractivity contribution in [3.63, 3.8) is 0 Å². The molecule has 0 aliphatic carbocycles. The molecule has 0 aromatic rings. The van der Waals surface area contributed by atoms with Gasteiger partial charge in [-0.05, 0) is 21.1 Å². The molecule has 3 heteroatoms. The van der Waals surface area contributed by atoms with E-state index in [1.54, 1.807) is 0 Å². The van der Waals surface area contributed by atoms with E-state index in [1.807, 2.05) is 0 Å². The third-order valence-corrected chi connectivity index (χ3v) is 2.10. The molecule has 0 amide bonds. The Morgan fingerprint density at radius 2 is 2.00 bits per heavy atom. The van der Waals surface area contributed by atoms with E-state index in [0.29, 0.717) is 0 Å². The third kappa shape index (κ3) is 3.18. The molecule has 0 saturated carbocycles. The summed E-state index contributed by atoms with van der Waals surface area (Å²) in [6, 6.07) is 0. The minimum absolute atomic E-state index is 1.15. The van der Waals surface area contributed by atoms with Crippen LogP contribution in [0, 0.1) is 0 Å². The van der Waals surface area contributed by atoms with Gasteiger partial charge in [-0.1, -0.05) is 0 Å². The second kappa shape index (κ2) is 4.04. The molecule has 1 rings (SSSR count). The van der Waals surface area contributed by atoms with Gasteiger partial charge in [-0.2, -0.15) is 0 Å². The van der Waals surface area contributed by atoms with Crippen LogP contribution >= 0.6 is 0 Å². The lowest BCUT2D eigenvalue weighted by molar-refractivity contribution is 0.246. The van der Waals surface area contributed by atoms with Crippen LogP contribution in [0.4, 0.5) is 0 Å². The zero-order valence-corrected chi connectivity index (χ0v) is 7.88. The van der Waals surface area contributed by atoms with Crippen molar-refractivity contribution < 1.29 is 0 Å². The Morgan fingerprint density at radius 1 is 1.27 bits per heavy atom. The maximum absolute atomic E-state index is 2.49. The minimum Gasteiger partial charge on any atom is -0.308 e.